The van der Waals surface area contributed by atoms with Gasteiger partial charge >= 0.3 is 12.7 Å². The normalized spacial score (nSPS) is 10.9. The molecule has 0 aliphatic rings. The first-order chi connectivity index (χ1) is 20.6. The van der Waals surface area contributed by atoms with Crippen molar-refractivity contribution in [3.05, 3.63) is 66.5 Å². The predicted molar refractivity (Wildman–Crippen MR) is 161 cm³/mol. The largest absolute Gasteiger partial charge is 0.573 e. The number of anilines is 1. The Hall–Kier alpha value is -4.40. The number of nitrogens with zero attached hydrogens (tertiary/aromatic N) is 3. The highest BCUT2D eigenvalue weighted by atomic mass is 19.4. The number of hydrogen-bond donors (Lipinski definition) is 2. The molecule has 0 saturated heterocycles. The Morgan fingerprint density at radius 2 is 1.30 bits per heavy atom. The Labute approximate surface area is 253 Å². The van der Waals surface area contributed by atoms with Gasteiger partial charge in [-0.3, -0.25) is 5.43 Å². The minimum atomic E-state index is -4.80. The number of alkyl halides is 6. The van der Waals surface area contributed by atoms with Crippen molar-refractivity contribution in [2.75, 3.05) is 19.0 Å². The fourth-order valence-electron chi connectivity index (χ4n) is 2.25. The number of hydrogen-bond acceptors (Lipinski definition) is 7. The van der Waals surface area contributed by atoms with E-state index in [0.717, 1.165) is 37.2 Å². The molecular formula is C29H39F6N5O4. The molecule has 0 atom stereocenters. The molecule has 44 heavy (non-hydrogen) atoms. The van der Waals surface area contributed by atoms with E-state index in [2.05, 4.69) is 46.6 Å². The van der Waals surface area contributed by atoms with Gasteiger partial charge in [0.1, 0.15) is 23.6 Å². The van der Waals surface area contributed by atoms with Gasteiger partial charge in [0.15, 0.2) is 0 Å². The zero-order valence-electron chi connectivity index (χ0n) is 25.6. The number of methoxy groups -OCH3 is 1. The van der Waals surface area contributed by atoms with Crippen molar-refractivity contribution in [3.63, 3.8) is 0 Å². The fourth-order valence-corrected chi connectivity index (χ4v) is 2.25. The molecule has 2 aromatic carbocycles. The SMILES string of the molecule is C=C(/N=C(\N=C(C)C)Nc1ccc(OC(F)(F)F)cc1)N/N=C/c1ccc(OC(F)(F)F)cc1.CC.CCC=O.CCOC. The van der Waals surface area contributed by atoms with Crippen LogP contribution in [0.15, 0.2) is 76.0 Å². The lowest BCUT2D eigenvalue weighted by Gasteiger charge is -2.11. The van der Waals surface area contributed by atoms with E-state index in [9.17, 15) is 31.1 Å². The van der Waals surface area contributed by atoms with Crippen molar-refractivity contribution in [2.24, 2.45) is 15.1 Å². The summed E-state index contributed by atoms with van der Waals surface area (Å²) in [5, 5.41) is 6.72. The van der Waals surface area contributed by atoms with Crippen LogP contribution >= 0.6 is 0 Å². The minimum absolute atomic E-state index is 0.0535. The van der Waals surface area contributed by atoms with Crippen LogP contribution in [0.5, 0.6) is 11.5 Å². The average molecular weight is 636 g/mol. The quantitative estimate of drug-likeness (QED) is 0.0949. The molecule has 2 N–H and O–H groups in total. The van der Waals surface area contributed by atoms with Crippen LogP contribution in [0.2, 0.25) is 0 Å². The molecule has 0 saturated carbocycles. The molecule has 2 rings (SSSR count). The average Bonchev–Trinajstić information content (AvgIpc) is 2.94. The van der Waals surface area contributed by atoms with Gasteiger partial charge in [-0.05, 0) is 74.9 Å². The van der Waals surface area contributed by atoms with Gasteiger partial charge in [0.2, 0.25) is 5.96 Å². The number of ether oxygens (including phenoxy) is 3. The maximum absolute atomic E-state index is 12.3. The van der Waals surface area contributed by atoms with Crippen LogP contribution in [0.4, 0.5) is 32.0 Å². The first-order valence-corrected chi connectivity index (χ1v) is 13.1. The van der Waals surface area contributed by atoms with Gasteiger partial charge < -0.3 is 24.3 Å². The molecule has 0 aliphatic carbocycles. The number of aldehydes is 1. The van der Waals surface area contributed by atoms with E-state index >= 15 is 0 Å². The summed E-state index contributed by atoms with van der Waals surface area (Å²) in [5.74, 6) is -0.623. The van der Waals surface area contributed by atoms with Crippen molar-refractivity contribution in [2.45, 2.75) is 60.7 Å². The van der Waals surface area contributed by atoms with E-state index in [1.54, 1.807) is 21.0 Å². The van der Waals surface area contributed by atoms with Gasteiger partial charge in [0.25, 0.3) is 0 Å². The van der Waals surface area contributed by atoms with E-state index in [0.29, 0.717) is 23.4 Å². The number of rotatable bonds is 9. The van der Waals surface area contributed by atoms with Crippen LogP contribution < -0.4 is 20.2 Å². The van der Waals surface area contributed by atoms with Crippen molar-refractivity contribution in [1.29, 1.82) is 0 Å². The summed E-state index contributed by atoms with van der Waals surface area (Å²) in [6.07, 6.45) is -6.75. The van der Waals surface area contributed by atoms with E-state index in [4.69, 9.17) is 0 Å². The topological polar surface area (TPSA) is 106 Å². The molecule has 9 nitrogen and oxygen atoms in total. The molecule has 2 aromatic rings. The summed E-state index contributed by atoms with van der Waals surface area (Å²) >= 11 is 0. The van der Waals surface area contributed by atoms with Gasteiger partial charge in [-0.15, -0.1) is 26.3 Å². The van der Waals surface area contributed by atoms with Gasteiger partial charge in [-0.1, -0.05) is 27.4 Å². The Morgan fingerprint density at radius 1 is 0.864 bits per heavy atom. The Bertz CT molecular complexity index is 1160. The molecule has 0 heterocycles. The number of guanidine groups is 1. The van der Waals surface area contributed by atoms with E-state index in [-0.39, 0.29) is 23.3 Å². The van der Waals surface area contributed by atoms with E-state index in [1.165, 1.54) is 30.5 Å². The molecule has 0 spiro atoms. The van der Waals surface area contributed by atoms with Gasteiger partial charge in [0, 0.05) is 31.5 Å². The number of carbonyl (C=O) groups excluding carboxylic acids is 1. The first-order valence-electron chi connectivity index (χ1n) is 13.1. The highest BCUT2D eigenvalue weighted by Gasteiger charge is 2.31. The molecule has 0 amide bonds. The number of carbonyl (C=O) groups is 1. The van der Waals surface area contributed by atoms with Crippen LogP contribution in [-0.4, -0.2) is 50.6 Å². The monoisotopic (exact) mass is 635 g/mol. The van der Waals surface area contributed by atoms with Crippen molar-refractivity contribution < 1.29 is 45.3 Å². The molecule has 0 fully saturated rings. The number of aliphatic imine (C=N–C) groups is 2. The lowest BCUT2D eigenvalue weighted by atomic mass is 10.2. The molecule has 0 unspecified atom stereocenters. The lowest BCUT2D eigenvalue weighted by Crippen LogP contribution is -2.17. The third-order valence-corrected chi connectivity index (χ3v) is 3.89. The molecule has 0 aliphatic heterocycles. The number of hydrazone groups is 1. The summed E-state index contributed by atoms with van der Waals surface area (Å²) in [5.41, 5.74) is 4.01. The molecule has 0 aromatic heterocycles. The second-order valence-corrected chi connectivity index (χ2v) is 7.78. The standard InChI is InChI=1S/C21H19F6N5O2.C3H8O.C3H6O.C2H6/c1-13(2)29-19(31-16-6-10-18(11-7-16)34-21(25,26)27)30-14(3)32-28-12-15-4-8-17(9-5-15)33-20(22,23)24;1-3-4-2;1-2-3-4;1-2/h4-12,32H,3H2,1-2H3,(H,30,31);3H2,1-2H3;3H,2H2,1H3;1-2H3/b28-12+;;;. The number of nitrogens with one attached hydrogen (secondary N) is 2. The first kappa shape index (κ1) is 41.7. The second kappa shape index (κ2) is 23.1. The summed E-state index contributed by atoms with van der Waals surface area (Å²) in [6.45, 7) is 15.7. The van der Waals surface area contributed by atoms with E-state index in [1.807, 2.05) is 27.7 Å². The van der Waals surface area contributed by atoms with E-state index < -0.39 is 12.7 Å². The highest BCUT2D eigenvalue weighted by Crippen LogP contribution is 2.24. The van der Waals surface area contributed by atoms with Gasteiger partial charge in [0.05, 0.1) is 6.21 Å². The predicted octanol–water partition coefficient (Wildman–Crippen LogP) is 8.10. The molecule has 0 bridgehead atoms. The molecule has 0 radical (unpaired) electrons. The summed E-state index contributed by atoms with van der Waals surface area (Å²) in [7, 11) is 1.68. The zero-order valence-corrected chi connectivity index (χ0v) is 25.6. The summed E-state index contributed by atoms with van der Waals surface area (Å²) < 4.78 is 85.5. The summed E-state index contributed by atoms with van der Waals surface area (Å²) in [4.78, 5) is 17.5. The Balaban J connectivity index is 0. The van der Waals surface area contributed by atoms with Crippen LogP contribution in [-0.2, 0) is 9.53 Å². The minimum Gasteiger partial charge on any atom is -0.406 e. The maximum atomic E-state index is 12.3. The van der Waals surface area contributed by atoms with Crippen molar-refractivity contribution >= 4 is 29.9 Å². The second-order valence-electron chi connectivity index (χ2n) is 7.78. The van der Waals surface area contributed by atoms with Crippen LogP contribution in [0.1, 0.15) is 53.5 Å². The lowest BCUT2D eigenvalue weighted by molar-refractivity contribution is -0.275. The zero-order chi connectivity index (χ0) is 34.2. The van der Waals surface area contributed by atoms with Crippen LogP contribution in [0.25, 0.3) is 0 Å². The number of halogens is 6. The van der Waals surface area contributed by atoms with Gasteiger partial charge in [-0.2, -0.15) is 10.1 Å². The smallest absolute Gasteiger partial charge is 0.406 e. The third-order valence-electron chi connectivity index (χ3n) is 3.89. The highest BCUT2D eigenvalue weighted by molar-refractivity contribution is 6.02. The molecule has 246 valence electrons. The Morgan fingerprint density at radius 3 is 1.66 bits per heavy atom. The van der Waals surface area contributed by atoms with Crippen LogP contribution in [0, 0.1) is 0 Å². The molecular weight excluding hydrogens is 596 g/mol. The third kappa shape index (κ3) is 24.2. The van der Waals surface area contributed by atoms with Crippen LogP contribution in [0.3, 0.4) is 0 Å². The molecule has 15 heteroatoms. The van der Waals surface area contributed by atoms with Gasteiger partial charge in [-0.25, -0.2) is 4.99 Å². The Kier molecular flexibility index (Phi) is 21.9. The van der Waals surface area contributed by atoms with Crippen molar-refractivity contribution in [3.8, 4) is 11.5 Å². The number of benzene rings is 2. The van der Waals surface area contributed by atoms with Crippen molar-refractivity contribution in [1.82, 2.24) is 5.43 Å². The summed E-state index contributed by atoms with van der Waals surface area (Å²) in [6, 6.07) is 9.93. The maximum Gasteiger partial charge on any atom is 0.573 e. The fraction of sp³-hybridized carbons (Fsp3) is 0.379.